The number of fused-ring (bicyclic) bond motifs is 1. The van der Waals surface area contributed by atoms with Crippen LogP contribution in [0.5, 0.6) is 0 Å². The Morgan fingerprint density at radius 2 is 1.86 bits per heavy atom. The molecule has 0 saturated heterocycles. The van der Waals surface area contributed by atoms with Crippen molar-refractivity contribution in [2.24, 2.45) is 0 Å². The van der Waals surface area contributed by atoms with E-state index >= 15 is 0 Å². The first kappa shape index (κ1) is 19.2. The maximum absolute atomic E-state index is 13.7. The van der Waals surface area contributed by atoms with Gasteiger partial charge in [0.2, 0.25) is 5.91 Å². The first-order valence-electron chi connectivity index (χ1n) is 9.16. The Labute approximate surface area is 171 Å². The number of benzene rings is 3. The Bertz CT molecular complexity index is 1200. The second-order valence-electron chi connectivity index (χ2n) is 6.78. The van der Waals surface area contributed by atoms with Crippen molar-refractivity contribution in [1.82, 2.24) is 4.98 Å². The molecule has 0 fully saturated rings. The minimum atomic E-state index is -0.669. The molecule has 4 aromatic rings. The van der Waals surface area contributed by atoms with Gasteiger partial charge in [0.1, 0.15) is 11.6 Å². The molecule has 146 valence electrons. The van der Waals surface area contributed by atoms with E-state index in [4.69, 9.17) is 0 Å². The van der Waals surface area contributed by atoms with E-state index in [1.807, 2.05) is 25.1 Å². The fourth-order valence-corrected chi connectivity index (χ4v) is 4.36. The van der Waals surface area contributed by atoms with Gasteiger partial charge in [-0.25, -0.2) is 13.8 Å². The standard InChI is InChI=1S/C23H18F2N2OS/c1-14-21(13-22(28)27-20-12-17(24)9-10-19(20)25)29-23(26-14)11-16-7-4-6-15-5-2-3-8-18(15)16/h2-10,12H,11,13H2,1H3,(H,27,28). The lowest BCUT2D eigenvalue weighted by atomic mass is 10.0. The van der Waals surface area contributed by atoms with Crippen LogP contribution in [0.1, 0.15) is 21.1 Å². The van der Waals surface area contributed by atoms with E-state index in [-0.39, 0.29) is 12.1 Å². The van der Waals surface area contributed by atoms with Gasteiger partial charge < -0.3 is 5.32 Å². The van der Waals surface area contributed by atoms with Gasteiger partial charge in [-0.15, -0.1) is 11.3 Å². The molecule has 0 unspecified atom stereocenters. The van der Waals surface area contributed by atoms with Crippen molar-refractivity contribution in [2.45, 2.75) is 19.8 Å². The maximum Gasteiger partial charge on any atom is 0.229 e. The molecule has 3 nitrogen and oxygen atoms in total. The molecule has 3 aromatic carbocycles. The van der Waals surface area contributed by atoms with Crippen molar-refractivity contribution < 1.29 is 13.6 Å². The summed E-state index contributed by atoms with van der Waals surface area (Å²) in [7, 11) is 0. The molecule has 1 N–H and O–H groups in total. The summed E-state index contributed by atoms with van der Waals surface area (Å²) in [4.78, 5) is 17.7. The number of halogens is 2. The summed E-state index contributed by atoms with van der Waals surface area (Å²) in [6, 6.07) is 17.4. The predicted molar refractivity (Wildman–Crippen MR) is 112 cm³/mol. The lowest BCUT2D eigenvalue weighted by molar-refractivity contribution is -0.115. The molecule has 0 radical (unpaired) electrons. The Morgan fingerprint density at radius 3 is 2.72 bits per heavy atom. The molecule has 0 spiro atoms. The number of nitrogens with one attached hydrogen (secondary N) is 1. The highest BCUT2D eigenvalue weighted by Crippen LogP contribution is 2.26. The zero-order chi connectivity index (χ0) is 20.4. The topological polar surface area (TPSA) is 42.0 Å². The summed E-state index contributed by atoms with van der Waals surface area (Å²) in [5.41, 5.74) is 1.79. The monoisotopic (exact) mass is 408 g/mol. The first-order valence-corrected chi connectivity index (χ1v) is 9.98. The zero-order valence-corrected chi connectivity index (χ0v) is 16.5. The van der Waals surface area contributed by atoms with Crippen LogP contribution in [-0.4, -0.2) is 10.9 Å². The van der Waals surface area contributed by atoms with E-state index in [2.05, 4.69) is 34.6 Å². The normalized spacial score (nSPS) is 11.0. The van der Waals surface area contributed by atoms with Crippen LogP contribution in [0.3, 0.4) is 0 Å². The van der Waals surface area contributed by atoms with Crippen LogP contribution in [0.4, 0.5) is 14.5 Å². The van der Waals surface area contributed by atoms with Crippen LogP contribution in [0.15, 0.2) is 60.7 Å². The van der Waals surface area contributed by atoms with E-state index < -0.39 is 17.5 Å². The molecule has 0 bridgehead atoms. The van der Waals surface area contributed by atoms with Crippen LogP contribution >= 0.6 is 11.3 Å². The van der Waals surface area contributed by atoms with Crippen LogP contribution in [-0.2, 0) is 17.6 Å². The number of nitrogens with zero attached hydrogens (tertiary/aromatic N) is 1. The number of hydrogen-bond donors (Lipinski definition) is 1. The SMILES string of the molecule is Cc1nc(Cc2cccc3ccccc23)sc1CC(=O)Nc1cc(F)ccc1F. The van der Waals surface area contributed by atoms with Gasteiger partial charge in [-0.2, -0.15) is 0 Å². The number of aryl methyl sites for hydroxylation is 1. The third kappa shape index (κ3) is 4.32. The molecule has 0 saturated carbocycles. The number of carbonyl (C=O) groups excluding carboxylic acids is 1. The predicted octanol–water partition coefficient (Wildman–Crippen LogP) is 5.65. The van der Waals surface area contributed by atoms with Crippen LogP contribution in [0.2, 0.25) is 0 Å². The van der Waals surface area contributed by atoms with Crippen LogP contribution in [0, 0.1) is 18.6 Å². The number of thiazole rings is 1. The number of amides is 1. The third-order valence-corrected chi connectivity index (χ3v) is 5.84. The number of carbonyl (C=O) groups is 1. The Balaban J connectivity index is 1.50. The first-order chi connectivity index (χ1) is 14.0. The van der Waals surface area contributed by atoms with E-state index in [1.54, 1.807) is 0 Å². The van der Waals surface area contributed by atoms with Gasteiger partial charge in [-0.05, 0) is 35.4 Å². The van der Waals surface area contributed by atoms with E-state index in [9.17, 15) is 13.6 Å². The van der Waals surface area contributed by atoms with Crippen molar-refractivity contribution in [3.8, 4) is 0 Å². The Morgan fingerprint density at radius 1 is 1.07 bits per heavy atom. The second kappa shape index (κ2) is 8.09. The van der Waals surface area contributed by atoms with Gasteiger partial charge in [0.15, 0.2) is 0 Å². The van der Waals surface area contributed by atoms with Gasteiger partial charge in [0.05, 0.1) is 22.8 Å². The van der Waals surface area contributed by atoms with E-state index in [1.165, 1.54) is 27.7 Å². The highest BCUT2D eigenvalue weighted by Gasteiger charge is 2.15. The highest BCUT2D eigenvalue weighted by molar-refractivity contribution is 7.11. The number of aromatic nitrogens is 1. The van der Waals surface area contributed by atoms with Crippen molar-refractivity contribution in [2.75, 3.05) is 5.32 Å². The molecular formula is C23H18F2N2OS. The van der Waals surface area contributed by atoms with Gasteiger partial charge in [0, 0.05) is 17.4 Å². The summed E-state index contributed by atoms with van der Waals surface area (Å²) < 4.78 is 27.0. The Kier molecular flexibility index (Phi) is 5.36. The summed E-state index contributed by atoms with van der Waals surface area (Å²) in [5, 5.41) is 5.71. The lowest BCUT2D eigenvalue weighted by Crippen LogP contribution is -2.15. The summed E-state index contributed by atoms with van der Waals surface area (Å²) in [6.45, 7) is 1.86. The molecular weight excluding hydrogens is 390 g/mol. The third-order valence-electron chi connectivity index (χ3n) is 4.68. The number of anilines is 1. The molecule has 0 aliphatic rings. The molecule has 0 aliphatic heterocycles. The molecule has 1 aromatic heterocycles. The molecule has 6 heteroatoms. The van der Waals surface area contributed by atoms with E-state index in [0.29, 0.717) is 6.42 Å². The van der Waals surface area contributed by atoms with Crippen molar-refractivity contribution >= 4 is 33.7 Å². The molecule has 29 heavy (non-hydrogen) atoms. The van der Waals surface area contributed by atoms with Crippen molar-refractivity contribution in [3.63, 3.8) is 0 Å². The average molecular weight is 408 g/mol. The van der Waals surface area contributed by atoms with Crippen LogP contribution < -0.4 is 5.32 Å². The van der Waals surface area contributed by atoms with E-state index in [0.717, 1.165) is 33.8 Å². The molecule has 1 amide bonds. The lowest BCUT2D eigenvalue weighted by Gasteiger charge is -2.06. The fraction of sp³-hybridized carbons (Fsp3) is 0.130. The number of rotatable bonds is 5. The summed E-state index contributed by atoms with van der Waals surface area (Å²) >= 11 is 1.47. The van der Waals surface area contributed by atoms with Gasteiger partial charge in [0.25, 0.3) is 0 Å². The smallest absolute Gasteiger partial charge is 0.229 e. The molecule has 4 rings (SSSR count). The van der Waals surface area contributed by atoms with Crippen LogP contribution in [0.25, 0.3) is 10.8 Å². The van der Waals surface area contributed by atoms with Gasteiger partial charge in [-0.3, -0.25) is 4.79 Å². The molecule has 0 atom stereocenters. The Hall–Kier alpha value is -3.12. The summed E-state index contributed by atoms with van der Waals surface area (Å²) in [5.74, 6) is -1.68. The van der Waals surface area contributed by atoms with Gasteiger partial charge >= 0.3 is 0 Å². The van der Waals surface area contributed by atoms with Gasteiger partial charge in [-0.1, -0.05) is 42.5 Å². The minimum absolute atomic E-state index is 0.0645. The number of hydrogen-bond acceptors (Lipinski definition) is 3. The minimum Gasteiger partial charge on any atom is -0.323 e. The van der Waals surface area contributed by atoms with Crippen molar-refractivity contribution in [1.29, 1.82) is 0 Å². The maximum atomic E-state index is 13.7. The highest BCUT2D eigenvalue weighted by atomic mass is 32.1. The second-order valence-corrected chi connectivity index (χ2v) is 7.95. The quantitative estimate of drug-likeness (QED) is 0.463. The molecule has 1 heterocycles. The zero-order valence-electron chi connectivity index (χ0n) is 15.7. The fourth-order valence-electron chi connectivity index (χ4n) is 3.27. The summed E-state index contributed by atoms with van der Waals surface area (Å²) in [6.07, 6.45) is 0.738. The average Bonchev–Trinajstić information content (AvgIpc) is 3.03. The molecule has 0 aliphatic carbocycles. The van der Waals surface area contributed by atoms with Crippen molar-refractivity contribution in [3.05, 3.63) is 93.4 Å². The largest absolute Gasteiger partial charge is 0.323 e.